The zero-order valence-electron chi connectivity index (χ0n) is 21.2. The second-order valence-corrected chi connectivity index (χ2v) is 9.72. The van der Waals surface area contributed by atoms with Crippen molar-refractivity contribution in [3.8, 4) is 39.8 Å². The number of carbonyl (C=O) groups excluding carboxylic acids is 1. The third kappa shape index (κ3) is 5.84. The summed E-state index contributed by atoms with van der Waals surface area (Å²) >= 11 is 0. The highest BCUT2D eigenvalue weighted by atomic mass is 32.2. The molecule has 4 rings (SSSR count). The van der Waals surface area contributed by atoms with Crippen LogP contribution in [0, 0.1) is 0 Å². The van der Waals surface area contributed by atoms with Gasteiger partial charge in [-0.15, -0.1) is 0 Å². The molecule has 0 spiro atoms. The fourth-order valence-corrected chi connectivity index (χ4v) is 4.68. The van der Waals surface area contributed by atoms with Crippen molar-refractivity contribution in [1.29, 1.82) is 0 Å². The number of sulfonamides is 1. The molecule has 38 heavy (non-hydrogen) atoms. The van der Waals surface area contributed by atoms with Gasteiger partial charge in [-0.2, -0.15) is 0 Å². The van der Waals surface area contributed by atoms with Gasteiger partial charge in [0.2, 0.25) is 11.9 Å². The van der Waals surface area contributed by atoms with Crippen LogP contribution in [0.15, 0.2) is 77.7 Å². The first kappa shape index (κ1) is 26.4. The van der Waals surface area contributed by atoms with Crippen molar-refractivity contribution in [2.45, 2.75) is 11.8 Å². The lowest BCUT2D eigenvalue weighted by Crippen LogP contribution is -2.16. The Labute approximate surface area is 220 Å². The van der Waals surface area contributed by atoms with Crippen molar-refractivity contribution in [3.05, 3.63) is 72.8 Å². The number of anilines is 2. The number of para-hydroxylation sites is 1. The molecule has 0 unspecified atom stereocenters. The summed E-state index contributed by atoms with van der Waals surface area (Å²) in [6.45, 7) is 1.37. The molecule has 4 aromatic rings. The highest BCUT2D eigenvalue weighted by Crippen LogP contribution is 2.36. The lowest BCUT2D eigenvalue weighted by molar-refractivity contribution is -0.114. The average Bonchev–Trinajstić information content (AvgIpc) is 2.92. The van der Waals surface area contributed by atoms with Crippen molar-refractivity contribution in [3.63, 3.8) is 0 Å². The number of ether oxygens (including phenoxy) is 3. The number of nitrogens with zero attached hydrogens (tertiary/aromatic N) is 2. The van der Waals surface area contributed by atoms with Crippen LogP contribution < -0.4 is 24.2 Å². The lowest BCUT2D eigenvalue weighted by Gasteiger charge is -2.14. The maximum Gasteiger partial charge on any atom is 0.264 e. The Bertz CT molecular complexity index is 1570. The van der Waals surface area contributed by atoms with E-state index in [1.54, 1.807) is 44.6 Å². The summed E-state index contributed by atoms with van der Waals surface area (Å²) in [6, 6.07) is 20.0. The Balaban J connectivity index is 1.81. The maximum atomic E-state index is 13.2. The SMILES string of the molecule is COc1ccc(-c2cc(-c3ccccc3OC)nc(NS(=O)(=O)c3ccc(NC(C)=O)cc3)n2)c(OC)c1. The number of nitrogens with one attached hydrogen (secondary N) is 2. The molecule has 1 heterocycles. The van der Waals surface area contributed by atoms with Crippen LogP contribution in [0.5, 0.6) is 17.2 Å². The zero-order valence-corrected chi connectivity index (χ0v) is 22.0. The summed E-state index contributed by atoms with van der Waals surface area (Å²) in [7, 11) is 0.547. The fourth-order valence-electron chi connectivity index (χ4n) is 3.73. The van der Waals surface area contributed by atoms with Crippen LogP contribution in [0.3, 0.4) is 0 Å². The van der Waals surface area contributed by atoms with E-state index in [0.717, 1.165) is 0 Å². The third-order valence-corrected chi connectivity index (χ3v) is 6.85. The second-order valence-electron chi connectivity index (χ2n) is 8.04. The van der Waals surface area contributed by atoms with Gasteiger partial charge in [0, 0.05) is 29.8 Å². The molecule has 1 amide bonds. The van der Waals surface area contributed by atoms with Crippen molar-refractivity contribution < 1.29 is 27.4 Å². The molecular formula is C27H26N4O6S. The molecule has 0 atom stereocenters. The summed E-state index contributed by atoms with van der Waals surface area (Å²) in [5.74, 6) is 1.22. The van der Waals surface area contributed by atoms with Gasteiger partial charge in [-0.3, -0.25) is 4.79 Å². The zero-order chi connectivity index (χ0) is 27.3. The smallest absolute Gasteiger partial charge is 0.264 e. The molecule has 2 N–H and O–H groups in total. The van der Waals surface area contributed by atoms with E-state index in [0.29, 0.717) is 45.5 Å². The third-order valence-electron chi connectivity index (χ3n) is 5.50. The molecule has 0 saturated heterocycles. The van der Waals surface area contributed by atoms with Gasteiger partial charge in [-0.1, -0.05) is 12.1 Å². The summed E-state index contributed by atoms with van der Waals surface area (Å²) in [4.78, 5) is 20.2. The minimum Gasteiger partial charge on any atom is -0.497 e. The summed E-state index contributed by atoms with van der Waals surface area (Å²) in [6.07, 6.45) is 0. The van der Waals surface area contributed by atoms with Crippen LogP contribution in [0.25, 0.3) is 22.5 Å². The fraction of sp³-hybridized carbons (Fsp3) is 0.148. The van der Waals surface area contributed by atoms with Crippen LogP contribution in [0.1, 0.15) is 6.92 Å². The molecule has 3 aromatic carbocycles. The highest BCUT2D eigenvalue weighted by Gasteiger charge is 2.20. The van der Waals surface area contributed by atoms with E-state index in [1.165, 1.54) is 38.3 Å². The van der Waals surface area contributed by atoms with Gasteiger partial charge in [0.15, 0.2) is 0 Å². The summed E-state index contributed by atoms with van der Waals surface area (Å²) in [5.41, 5.74) is 2.57. The van der Waals surface area contributed by atoms with E-state index in [1.807, 2.05) is 18.2 Å². The number of aromatic nitrogens is 2. The summed E-state index contributed by atoms with van der Waals surface area (Å²) < 4.78 is 45.2. The number of methoxy groups -OCH3 is 3. The van der Waals surface area contributed by atoms with Gasteiger partial charge in [-0.05, 0) is 54.6 Å². The standard InChI is InChI=1S/C27H26N4O6S/c1-17(32)28-18-9-12-20(13-10-18)38(33,34)31-27-29-23(21-7-5-6-8-25(21)36-3)16-24(30-27)22-14-11-19(35-2)15-26(22)37-4/h5-16H,1-4H3,(H,28,32)(H,29,30,31). The Morgan fingerprint density at radius 3 is 2.00 bits per heavy atom. The highest BCUT2D eigenvalue weighted by molar-refractivity contribution is 7.92. The first-order valence-electron chi connectivity index (χ1n) is 11.4. The number of benzene rings is 3. The maximum absolute atomic E-state index is 13.2. The molecule has 10 nitrogen and oxygen atoms in total. The predicted octanol–water partition coefficient (Wildman–Crippen LogP) is 4.60. The number of hydrogen-bond donors (Lipinski definition) is 2. The van der Waals surface area contributed by atoms with Crippen molar-refractivity contribution in [2.24, 2.45) is 0 Å². The van der Waals surface area contributed by atoms with E-state index in [9.17, 15) is 13.2 Å². The first-order valence-corrected chi connectivity index (χ1v) is 12.9. The van der Waals surface area contributed by atoms with Crippen LogP contribution in [0.4, 0.5) is 11.6 Å². The molecule has 0 aliphatic carbocycles. The quantitative estimate of drug-likeness (QED) is 0.319. The molecule has 0 bridgehead atoms. The minimum atomic E-state index is -4.07. The van der Waals surface area contributed by atoms with E-state index in [2.05, 4.69) is 20.0 Å². The number of hydrogen-bond acceptors (Lipinski definition) is 8. The summed E-state index contributed by atoms with van der Waals surface area (Å²) in [5, 5.41) is 2.60. The molecule has 0 aliphatic rings. The van der Waals surface area contributed by atoms with Gasteiger partial charge >= 0.3 is 0 Å². The molecule has 1 aromatic heterocycles. The normalized spacial score (nSPS) is 10.9. The van der Waals surface area contributed by atoms with E-state index >= 15 is 0 Å². The van der Waals surface area contributed by atoms with Crippen LogP contribution >= 0.6 is 0 Å². The van der Waals surface area contributed by atoms with Gasteiger partial charge in [0.05, 0.1) is 37.6 Å². The van der Waals surface area contributed by atoms with Gasteiger partial charge < -0.3 is 19.5 Å². The molecule has 196 valence electrons. The molecule has 0 saturated carbocycles. The van der Waals surface area contributed by atoms with Gasteiger partial charge in [0.25, 0.3) is 10.0 Å². The molecule has 0 fully saturated rings. The Morgan fingerprint density at radius 1 is 0.763 bits per heavy atom. The van der Waals surface area contributed by atoms with Crippen LogP contribution in [0.2, 0.25) is 0 Å². The Kier molecular flexibility index (Phi) is 7.77. The van der Waals surface area contributed by atoms with Crippen molar-refractivity contribution >= 4 is 27.6 Å². The van der Waals surface area contributed by atoms with E-state index in [4.69, 9.17) is 14.2 Å². The first-order chi connectivity index (χ1) is 18.2. The Hall–Kier alpha value is -4.64. The van der Waals surface area contributed by atoms with Crippen LogP contribution in [-0.4, -0.2) is 45.6 Å². The largest absolute Gasteiger partial charge is 0.497 e. The molecular weight excluding hydrogens is 508 g/mol. The predicted molar refractivity (Wildman–Crippen MR) is 144 cm³/mol. The number of rotatable bonds is 9. The molecule has 11 heteroatoms. The van der Waals surface area contributed by atoms with Gasteiger partial charge in [-0.25, -0.2) is 23.1 Å². The topological polar surface area (TPSA) is 129 Å². The number of carbonyl (C=O) groups is 1. The van der Waals surface area contributed by atoms with E-state index in [-0.39, 0.29) is 16.8 Å². The average molecular weight is 535 g/mol. The molecule has 0 radical (unpaired) electrons. The molecule has 0 aliphatic heterocycles. The van der Waals surface area contributed by atoms with Crippen LogP contribution in [-0.2, 0) is 14.8 Å². The number of amides is 1. The van der Waals surface area contributed by atoms with Crippen molar-refractivity contribution in [1.82, 2.24) is 9.97 Å². The van der Waals surface area contributed by atoms with Gasteiger partial charge in [0.1, 0.15) is 17.2 Å². The Morgan fingerprint density at radius 2 is 1.39 bits per heavy atom. The minimum absolute atomic E-state index is 0.0264. The monoisotopic (exact) mass is 534 g/mol. The second kappa shape index (κ2) is 11.2. The van der Waals surface area contributed by atoms with Crippen molar-refractivity contribution in [2.75, 3.05) is 31.4 Å². The lowest BCUT2D eigenvalue weighted by atomic mass is 10.1. The van der Waals surface area contributed by atoms with E-state index < -0.39 is 10.0 Å².